The van der Waals surface area contributed by atoms with Crippen LogP contribution in [0.25, 0.3) is 0 Å². The molecule has 0 radical (unpaired) electrons. The molecule has 0 aliphatic carbocycles. The topological polar surface area (TPSA) is 114 Å². The summed E-state index contributed by atoms with van der Waals surface area (Å²) >= 11 is 0. The Kier molecular flexibility index (Phi) is 8.78. The van der Waals surface area contributed by atoms with Crippen molar-refractivity contribution < 1.29 is 19.1 Å². The number of aliphatic hydroxyl groups excluding tert-OH is 2. The zero-order chi connectivity index (χ0) is 26.2. The fraction of sp³-hybridized carbons (Fsp3) is 0.667. The Morgan fingerprint density at radius 1 is 1.24 bits per heavy atom. The first-order valence-corrected chi connectivity index (χ1v) is 15.7. The molecule has 4 atom stereocenters. The van der Waals surface area contributed by atoms with Gasteiger partial charge in [-0.05, 0) is 22.2 Å². The summed E-state index contributed by atoms with van der Waals surface area (Å²) in [5.41, 5.74) is -0.496. The van der Waals surface area contributed by atoms with Crippen LogP contribution in [-0.4, -0.2) is 55.9 Å². The number of nitrogens with one attached hydrogen (secondary N) is 1. The summed E-state index contributed by atoms with van der Waals surface area (Å²) in [6.45, 7) is 20.7. The molecule has 0 saturated carbocycles. The lowest BCUT2D eigenvalue weighted by molar-refractivity contribution is -0.0753. The van der Waals surface area contributed by atoms with Crippen LogP contribution in [0.2, 0.25) is 22.2 Å². The number of hydrogen-bond acceptors (Lipinski definition) is 6. The van der Waals surface area contributed by atoms with E-state index in [9.17, 15) is 19.8 Å². The van der Waals surface area contributed by atoms with Gasteiger partial charge in [0.2, 0.25) is 9.04 Å². The fourth-order valence-electron chi connectivity index (χ4n) is 5.66. The van der Waals surface area contributed by atoms with Gasteiger partial charge in [0, 0.05) is 11.8 Å². The van der Waals surface area contributed by atoms with Crippen molar-refractivity contribution in [3.63, 3.8) is 0 Å². The summed E-state index contributed by atoms with van der Waals surface area (Å²) in [6, 6.07) is 0. The predicted octanol–water partition coefficient (Wildman–Crippen LogP) is 2.34. The van der Waals surface area contributed by atoms with Gasteiger partial charge >= 0.3 is 5.69 Å². The lowest BCUT2D eigenvalue weighted by Gasteiger charge is -2.50. The van der Waals surface area contributed by atoms with Crippen molar-refractivity contribution in [2.24, 2.45) is 0 Å². The largest absolute Gasteiger partial charge is 0.453 e. The number of hydrogen-bond donors (Lipinski definition) is 3. The molecule has 2 rings (SSSR count). The van der Waals surface area contributed by atoms with Crippen molar-refractivity contribution in [1.82, 2.24) is 9.55 Å². The van der Waals surface area contributed by atoms with Gasteiger partial charge in [-0.3, -0.25) is 14.3 Å². The van der Waals surface area contributed by atoms with E-state index in [1.165, 1.54) is 10.8 Å². The molecule has 1 aromatic rings. The number of aromatic nitrogens is 2. The quantitative estimate of drug-likeness (QED) is 0.268. The second kappa shape index (κ2) is 10.5. The number of aliphatic hydroxyl groups is 2. The number of nitrogens with zero attached hydrogens (tertiary/aromatic N) is 1. The van der Waals surface area contributed by atoms with Gasteiger partial charge in [0.05, 0.1) is 6.61 Å². The second-order valence-corrected chi connectivity index (χ2v) is 19.5. The number of ether oxygens (including phenoxy) is 1. The second-order valence-electron chi connectivity index (χ2n) is 10.4. The first-order valence-electron chi connectivity index (χ1n) is 11.9. The summed E-state index contributed by atoms with van der Waals surface area (Å²) in [5, 5.41) is 19.3. The SMILES string of the molecule is C#Cc1cn([C@]2([SiH](O[Si](C(C)C)(C(C)C)C(C)C)C(C)C)O[C@H](CO)[C@@H](O)C2=C)c(=O)[nH]c1=O. The van der Waals surface area contributed by atoms with Crippen LogP contribution < -0.4 is 11.2 Å². The predicted molar refractivity (Wildman–Crippen MR) is 139 cm³/mol. The highest BCUT2D eigenvalue weighted by atomic mass is 28.4. The normalized spacial score (nSPS) is 24.4. The first-order chi connectivity index (χ1) is 15.7. The molecule has 34 heavy (non-hydrogen) atoms. The molecule has 1 unspecified atom stereocenters. The van der Waals surface area contributed by atoms with Crippen molar-refractivity contribution in [1.29, 1.82) is 0 Å². The smallest absolute Gasteiger partial charge is 0.330 e. The van der Waals surface area contributed by atoms with Crippen LogP contribution in [0.3, 0.4) is 0 Å². The maximum atomic E-state index is 13.2. The minimum atomic E-state index is -2.70. The zero-order valence-corrected chi connectivity index (χ0v) is 23.7. The van der Waals surface area contributed by atoms with Gasteiger partial charge in [0.15, 0.2) is 13.7 Å². The van der Waals surface area contributed by atoms with E-state index in [2.05, 4.69) is 59.0 Å². The summed E-state index contributed by atoms with van der Waals surface area (Å²) in [4.78, 5) is 27.7. The molecule has 0 spiro atoms. The van der Waals surface area contributed by atoms with Crippen molar-refractivity contribution >= 4 is 17.4 Å². The molecule has 1 aromatic heterocycles. The molecule has 0 amide bonds. The van der Waals surface area contributed by atoms with E-state index in [0.29, 0.717) is 0 Å². The van der Waals surface area contributed by atoms with Crippen molar-refractivity contribution in [2.75, 3.05) is 6.61 Å². The molecule has 0 aromatic carbocycles. The average molecular weight is 509 g/mol. The van der Waals surface area contributed by atoms with Crippen molar-refractivity contribution in [2.45, 2.75) is 95.1 Å². The van der Waals surface area contributed by atoms with Crippen molar-refractivity contribution in [3.05, 3.63) is 44.8 Å². The summed E-state index contributed by atoms with van der Waals surface area (Å²) < 4.78 is 14.9. The maximum absolute atomic E-state index is 13.2. The van der Waals surface area contributed by atoms with E-state index in [-0.39, 0.29) is 33.3 Å². The Balaban J connectivity index is 2.94. The van der Waals surface area contributed by atoms with Gasteiger partial charge in [-0.1, -0.05) is 67.9 Å². The van der Waals surface area contributed by atoms with E-state index in [1.807, 2.05) is 13.8 Å². The number of rotatable bonds is 9. The minimum Gasteiger partial charge on any atom is -0.453 e. The zero-order valence-electron chi connectivity index (χ0n) is 21.6. The molecule has 1 saturated heterocycles. The van der Waals surface area contributed by atoms with Gasteiger partial charge in [-0.25, -0.2) is 4.79 Å². The number of terminal acetylenes is 1. The molecule has 10 heteroatoms. The highest BCUT2D eigenvalue weighted by molar-refractivity contribution is 6.84. The van der Waals surface area contributed by atoms with Crippen molar-refractivity contribution in [3.8, 4) is 12.3 Å². The molecule has 2 heterocycles. The van der Waals surface area contributed by atoms with Crippen LogP contribution in [0.1, 0.15) is 61.0 Å². The third kappa shape index (κ3) is 4.45. The van der Waals surface area contributed by atoms with Crippen LogP contribution in [0, 0.1) is 12.3 Å². The third-order valence-corrected chi connectivity index (χ3v) is 18.0. The molecular weight excluding hydrogens is 468 g/mol. The van der Waals surface area contributed by atoms with Gasteiger partial charge < -0.3 is 19.1 Å². The molecule has 3 N–H and O–H groups in total. The van der Waals surface area contributed by atoms with Crippen LogP contribution in [0.15, 0.2) is 27.9 Å². The monoisotopic (exact) mass is 508 g/mol. The van der Waals surface area contributed by atoms with E-state index >= 15 is 0 Å². The van der Waals surface area contributed by atoms with Crippen LogP contribution in [-0.2, 0) is 14.2 Å². The Morgan fingerprint density at radius 2 is 1.76 bits per heavy atom. The fourth-order valence-corrected chi connectivity index (χ4v) is 18.6. The first kappa shape index (κ1) is 28.5. The molecule has 190 valence electrons. The van der Waals surface area contributed by atoms with Crippen LogP contribution in [0.4, 0.5) is 0 Å². The Bertz CT molecular complexity index is 1030. The lowest BCUT2D eigenvalue weighted by Crippen LogP contribution is -2.63. The summed E-state index contributed by atoms with van der Waals surface area (Å²) in [5.74, 6) is 2.31. The highest BCUT2D eigenvalue weighted by Gasteiger charge is 2.61. The Morgan fingerprint density at radius 3 is 2.15 bits per heavy atom. The third-order valence-electron chi connectivity index (χ3n) is 7.17. The average Bonchev–Trinajstić information content (AvgIpc) is 2.99. The molecule has 0 bridgehead atoms. The Hall–Kier alpha value is -1.75. The summed E-state index contributed by atoms with van der Waals surface area (Å²) in [6.07, 6.45) is 4.61. The standard InChI is InChI=1S/C24H40N2O6Si2/c1-11-19-12-26(23(30)25-22(19)29)24(18(10)21(28)20(13-27)31-24)33(14(2)3)32-34(15(4)5,16(6)7)17(8)9/h1,12,14-17,20-21,27-28,33H,10,13H2,2-9H3,(H,25,29,30)/t20-,21+,24+,33?/m1/s1. The van der Waals surface area contributed by atoms with Gasteiger partial charge in [0.1, 0.15) is 17.8 Å². The Labute approximate surface area is 204 Å². The summed E-state index contributed by atoms with van der Waals surface area (Å²) in [7, 11) is -5.16. The number of H-pyrrole nitrogens is 1. The van der Waals surface area contributed by atoms with Gasteiger partial charge in [0.25, 0.3) is 5.56 Å². The van der Waals surface area contributed by atoms with E-state index in [4.69, 9.17) is 15.3 Å². The van der Waals surface area contributed by atoms with E-state index in [1.54, 1.807) is 0 Å². The van der Waals surface area contributed by atoms with Gasteiger partial charge in [-0.15, -0.1) is 6.42 Å². The van der Waals surface area contributed by atoms with E-state index in [0.717, 1.165) is 0 Å². The van der Waals surface area contributed by atoms with Crippen LogP contribution >= 0.6 is 0 Å². The van der Waals surface area contributed by atoms with E-state index < -0.39 is 52.8 Å². The minimum absolute atomic E-state index is 0.0473. The molecular formula is C24H40N2O6Si2. The molecule has 1 aliphatic rings. The number of aromatic amines is 1. The molecule has 8 nitrogen and oxygen atoms in total. The van der Waals surface area contributed by atoms with Gasteiger partial charge in [-0.2, -0.15) is 0 Å². The molecule has 1 fully saturated rings. The highest BCUT2D eigenvalue weighted by Crippen LogP contribution is 2.49. The maximum Gasteiger partial charge on any atom is 0.330 e. The lowest BCUT2D eigenvalue weighted by atomic mass is 10.1. The van der Waals surface area contributed by atoms with Crippen LogP contribution in [0.5, 0.6) is 0 Å². The molecule has 1 aliphatic heterocycles.